The second-order valence-corrected chi connectivity index (χ2v) is 12.8. The van der Waals surface area contributed by atoms with Gasteiger partial charge in [0.25, 0.3) is 0 Å². The summed E-state index contributed by atoms with van der Waals surface area (Å²) in [5.41, 5.74) is 3.49. The molecule has 2 saturated carbocycles. The SMILES string of the molecule is C1CCC(NC2CCCCC2)CC1.COc1ccc(C2c3cc(OC)ccc3C(c3ccc(OC)c4c3OCO4)C2C(=O)O)cc1. The first-order valence-electron chi connectivity index (χ1n) is 16.8. The average Bonchev–Trinajstić information content (AvgIpc) is 3.73. The van der Waals surface area contributed by atoms with Crippen molar-refractivity contribution in [1.82, 2.24) is 5.32 Å². The summed E-state index contributed by atoms with van der Waals surface area (Å²) in [6.45, 7) is 0.0601. The summed E-state index contributed by atoms with van der Waals surface area (Å²) in [5, 5.41) is 14.3. The number of hydrogen-bond acceptors (Lipinski definition) is 7. The van der Waals surface area contributed by atoms with Gasteiger partial charge in [0.1, 0.15) is 11.5 Å². The molecule has 0 saturated heterocycles. The van der Waals surface area contributed by atoms with Crippen LogP contribution in [0.5, 0.6) is 28.7 Å². The fourth-order valence-electron chi connectivity index (χ4n) is 7.93. The van der Waals surface area contributed by atoms with Crippen molar-refractivity contribution in [3.63, 3.8) is 0 Å². The van der Waals surface area contributed by atoms with Gasteiger partial charge in [0.15, 0.2) is 11.5 Å². The molecule has 46 heavy (non-hydrogen) atoms. The Morgan fingerprint density at radius 2 is 1.26 bits per heavy atom. The van der Waals surface area contributed by atoms with E-state index in [1.165, 1.54) is 64.2 Å². The van der Waals surface area contributed by atoms with E-state index in [-0.39, 0.29) is 12.7 Å². The second kappa shape index (κ2) is 14.7. The first-order chi connectivity index (χ1) is 22.5. The number of ether oxygens (including phenoxy) is 5. The lowest BCUT2D eigenvalue weighted by atomic mass is 9.79. The Balaban J connectivity index is 0.000000238. The molecule has 8 heteroatoms. The molecule has 3 aliphatic carbocycles. The Hall–Kier alpha value is -3.91. The van der Waals surface area contributed by atoms with Gasteiger partial charge in [-0.25, -0.2) is 0 Å². The maximum Gasteiger partial charge on any atom is 0.308 e. The van der Waals surface area contributed by atoms with Gasteiger partial charge < -0.3 is 34.1 Å². The summed E-state index contributed by atoms with van der Waals surface area (Å²) in [5.74, 6) is 0.492. The van der Waals surface area contributed by atoms with E-state index in [0.29, 0.717) is 28.7 Å². The van der Waals surface area contributed by atoms with Crippen molar-refractivity contribution in [2.75, 3.05) is 28.1 Å². The first kappa shape index (κ1) is 32.0. The van der Waals surface area contributed by atoms with Gasteiger partial charge in [-0.1, -0.05) is 62.8 Å². The van der Waals surface area contributed by atoms with Crippen LogP contribution in [0.25, 0.3) is 0 Å². The van der Waals surface area contributed by atoms with Gasteiger partial charge >= 0.3 is 5.97 Å². The molecule has 1 aliphatic heterocycles. The summed E-state index contributed by atoms with van der Waals surface area (Å²) >= 11 is 0. The predicted molar refractivity (Wildman–Crippen MR) is 177 cm³/mol. The number of hydrogen-bond donors (Lipinski definition) is 2. The minimum atomic E-state index is -0.889. The molecule has 0 spiro atoms. The number of benzene rings is 3. The van der Waals surface area contributed by atoms with Crippen LogP contribution in [0.2, 0.25) is 0 Å². The zero-order chi connectivity index (χ0) is 32.0. The standard InChI is InChI=1S/C26H24O7.C12H23N/c1-29-15-6-4-14(5-7-15)21-19-12-16(30-2)8-9-17(19)22(23(21)26(27)28)18-10-11-20(31-3)25-24(18)32-13-33-25;1-3-7-11(8-4-1)13-12-9-5-2-6-10-12/h4-12,21-23H,13H2,1-3H3,(H,27,28);11-13H,1-10H2. The van der Waals surface area contributed by atoms with E-state index in [0.717, 1.165) is 34.3 Å². The molecule has 0 bridgehead atoms. The minimum Gasteiger partial charge on any atom is -0.497 e. The van der Waals surface area contributed by atoms with Crippen LogP contribution in [0.15, 0.2) is 54.6 Å². The third-order valence-electron chi connectivity index (χ3n) is 10.2. The highest BCUT2D eigenvalue weighted by molar-refractivity contribution is 5.79. The van der Waals surface area contributed by atoms with E-state index in [2.05, 4.69) is 5.32 Å². The molecule has 0 aromatic heterocycles. The van der Waals surface area contributed by atoms with E-state index in [1.807, 2.05) is 48.5 Å². The number of aliphatic carboxylic acids is 1. The van der Waals surface area contributed by atoms with E-state index < -0.39 is 17.8 Å². The minimum absolute atomic E-state index is 0.0601. The molecule has 3 atom stereocenters. The molecule has 0 amide bonds. The van der Waals surface area contributed by atoms with Gasteiger partial charge in [-0.3, -0.25) is 4.79 Å². The predicted octanol–water partition coefficient (Wildman–Crippen LogP) is 7.66. The van der Waals surface area contributed by atoms with Crippen LogP contribution in [0.4, 0.5) is 0 Å². The lowest BCUT2D eigenvalue weighted by Crippen LogP contribution is -2.40. The molecule has 246 valence electrons. The summed E-state index contributed by atoms with van der Waals surface area (Å²) < 4.78 is 27.6. The second-order valence-electron chi connectivity index (χ2n) is 12.8. The normalized spacial score (nSPS) is 22.4. The highest BCUT2D eigenvalue weighted by Crippen LogP contribution is 2.57. The molecule has 3 unspecified atom stereocenters. The smallest absolute Gasteiger partial charge is 0.308 e. The maximum atomic E-state index is 12.8. The van der Waals surface area contributed by atoms with E-state index in [4.69, 9.17) is 23.7 Å². The summed E-state index contributed by atoms with van der Waals surface area (Å²) in [6.07, 6.45) is 14.6. The molecule has 3 aromatic rings. The number of nitrogens with one attached hydrogen (secondary N) is 1. The molecular formula is C38H47NO7. The average molecular weight is 630 g/mol. The first-order valence-corrected chi connectivity index (χ1v) is 16.8. The van der Waals surface area contributed by atoms with Gasteiger partial charge in [0, 0.05) is 29.5 Å². The lowest BCUT2D eigenvalue weighted by Gasteiger charge is -2.30. The van der Waals surface area contributed by atoms with Crippen molar-refractivity contribution in [3.8, 4) is 28.7 Å². The molecule has 0 radical (unpaired) electrons. The monoisotopic (exact) mass is 629 g/mol. The molecule has 4 aliphatic rings. The molecule has 7 rings (SSSR count). The van der Waals surface area contributed by atoms with E-state index >= 15 is 0 Å². The number of carboxylic acids is 1. The van der Waals surface area contributed by atoms with Gasteiger partial charge in [-0.15, -0.1) is 0 Å². The third kappa shape index (κ3) is 6.63. The fraction of sp³-hybridized carbons (Fsp3) is 0.500. The maximum absolute atomic E-state index is 12.8. The Kier molecular flexibility index (Phi) is 10.2. The van der Waals surface area contributed by atoms with E-state index in [1.54, 1.807) is 27.4 Å². The Bertz CT molecular complexity index is 1460. The summed E-state index contributed by atoms with van der Waals surface area (Å²) in [4.78, 5) is 12.8. The van der Waals surface area contributed by atoms with Crippen molar-refractivity contribution >= 4 is 5.97 Å². The van der Waals surface area contributed by atoms with Gasteiger partial charge in [0.2, 0.25) is 12.5 Å². The van der Waals surface area contributed by atoms with Crippen LogP contribution >= 0.6 is 0 Å². The van der Waals surface area contributed by atoms with Crippen molar-refractivity contribution in [3.05, 3.63) is 76.9 Å². The van der Waals surface area contributed by atoms with Gasteiger partial charge in [-0.05, 0) is 72.7 Å². The van der Waals surface area contributed by atoms with Crippen LogP contribution in [-0.2, 0) is 4.79 Å². The molecule has 8 nitrogen and oxygen atoms in total. The Morgan fingerprint density at radius 1 is 0.674 bits per heavy atom. The highest BCUT2D eigenvalue weighted by atomic mass is 16.7. The molecule has 2 fully saturated rings. The third-order valence-corrected chi connectivity index (χ3v) is 10.2. The zero-order valence-corrected chi connectivity index (χ0v) is 27.3. The quantitative estimate of drug-likeness (QED) is 0.262. The molecular weight excluding hydrogens is 582 g/mol. The van der Waals surface area contributed by atoms with Crippen LogP contribution in [0.1, 0.15) is 98.3 Å². The van der Waals surface area contributed by atoms with Gasteiger partial charge in [0.05, 0.1) is 27.2 Å². The van der Waals surface area contributed by atoms with Crippen LogP contribution in [0.3, 0.4) is 0 Å². The van der Waals surface area contributed by atoms with Crippen molar-refractivity contribution in [1.29, 1.82) is 0 Å². The summed E-state index contributed by atoms with van der Waals surface area (Å²) in [7, 11) is 4.77. The fourth-order valence-corrected chi connectivity index (χ4v) is 7.93. The Morgan fingerprint density at radius 3 is 1.85 bits per heavy atom. The van der Waals surface area contributed by atoms with Gasteiger partial charge in [-0.2, -0.15) is 0 Å². The largest absolute Gasteiger partial charge is 0.497 e. The topological polar surface area (TPSA) is 95.5 Å². The van der Waals surface area contributed by atoms with E-state index in [9.17, 15) is 9.90 Å². The van der Waals surface area contributed by atoms with Crippen molar-refractivity contribution in [2.24, 2.45) is 5.92 Å². The van der Waals surface area contributed by atoms with Crippen LogP contribution in [-0.4, -0.2) is 51.3 Å². The lowest BCUT2D eigenvalue weighted by molar-refractivity contribution is -0.142. The highest BCUT2D eigenvalue weighted by Gasteiger charge is 2.48. The molecule has 1 heterocycles. The number of methoxy groups -OCH3 is 3. The van der Waals surface area contributed by atoms with Crippen molar-refractivity contribution < 1.29 is 33.6 Å². The number of rotatable bonds is 8. The number of fused-ring (bicyclic) bond motifs is 2. The molecule has 3 aromatic carbocycles. The Labute approximate surface area is 272 Å². The van der Waals surface area contributed by atoms with Crippen molar-refractivity contribution in [2.45, 2.75) is 88.1 Å². The van der Waals surface area contributed by atoms with Crippen LogP contribution in [0, 0.1) is 5.92 Å². The molecule has 2 N–H and O–H groups in total. The number of carbonyl (C=O) groups is 1. The number of carboxylic acid groups (broad SMARTS) is 1. The zero-order valence-electron chi connectivity index (χ0n) is 27.3. The summed E-state index contributed by atoms with van der Waals surface area (Å²) in [6, 6.07) is 18.7. The van der Waals surface area contributed by atoms with Crippen LogP contribution < -0.4 is 29.0 Å².